The Hall–Kier alpha value is -3.44. The molecule has 0 aliphatic carbocycles. The lowest BCUT2D eigenvalue weighted by molar-refractivity contribution is -0.137. The Bertz CT molecular complexity index is 1230. The zero-order valence-electron chi connectivity index (χ0n) is 17.1. The number of anilines is 1. The fourth-order valence-corrected chi connectivity index (χ4v) is 4.17. The van der Waals surface area contributed by atoms with E-state index in [4.69, 9.17) is 5.73 Å². The molecule has 0 bridgehead atoms. The maximum absolute atomic E-state index is 12.8. The van der Waals surface area contributed by atoms with Crippen LogP contribution in [0.25, 0.3) is 27.2 Å². The molecule has 0 saturated carbocycles. The molecule has 4 aromatic rings. The fraction of sp³-hybridized carbons (Fsp3) is 0.0370. The summed E-state index contributed by atoms with van der Waals surface area (Å²) in [7, 11) is 0. The van der Waals surface area contributed by atoms with E-state index in [1.165, 1.54) is 23.9 Å². The summed E-state index contributed by atoms with van der Waals surface area (Å²) in [5.41, 5.74) is 10.8. The van der Waals surface area contributed by atoms with Gasteiger partial charge in [0.05, 0.1) is 5.56 Å². The van der Waals surface area contributed by atoms with E-state index in [0.717, 1.165) is 55.4 Å². The highest BCUT2D eigenvalue weighted by Crippen LogP contribution is 2.37. The van der Waals surface area contributed by atoms with Crippen LogP contribution in [0.3, 0.4) is 0 Å². The number of hydrogen-bond acceptors (Lipinski definition) is 2. The predicted molar refractivity (Wildman–Crippen MR) is 128 cm³/mol. The molecule has 2 N–H and O–H groups in total. The van der Waals surface area contributed by atoms with E-state index < -0.39 is 11.7 Å². The molecule has 32 heavy (non-hydrogen) atoms. The van der Waals surface area contributed by atoms with Gasteiger partial charge in [0.15, 0.2) is 0 Å². The van der Waals surface area contributed by atoms with E-state index in [-0.39, 0.29) is 0 Å². The number of thioether (sulfide) groups is 1. The summed E-state index contributed by atoms with van der Waals surface area (Å²) in [6.45, 7) is 4.17. The number of rotatable bonds is 5. The molecule has 0 saturated heterocycles. The van der Waals surface area contributed by atoms with Crippen LogP contribution in [0.15, 0.2) is 109 Å². The normalized spacial score (nSPS) is 11.3. The van der Waals surface area contributed by atoms with E-state index in [1.807, 2.05) is 72.8 Å². The third-order valence-electron chi connectivity index (χ3n) is 5.12. The Morgan fingerprint density at radius 3 is 1.56 bits per heavy atom. The molecule has 0 aliphatic rings. The highest BCUT2D eigenvalue weighted by molar-refractivity contribution is 8.08. The summed E-state index contributed by atoms with van der Waals surface area (Å²) in [4.78, 5) is 1.88. The summed E-state index contributed by atoms with van der Waals surface area (Å²) < 4.78 is 38.3. The van der Waals surface area contributed by atoms with Gasteiger partial charge in [-0.25, -0.2) is 0 Å². The lowest BCUT2D eigenvalue weighted by atomic mass is 9.99. The summed E-state index contributed by atoms with van der Waals surface area (Å²) >= 11 is 1.54. The van der Waals surface area contributed by atoms with Gasteiger partial charge in [-0.1, -0.05) is 91.1 Å². The molecule has 5 heteroatoms. The smallest absolute Gasteiger partial charge is 0.398 e. The number of para-hydroxylation sites is 1. The molecule has 0 atom stereocenters. The minimum atomic E-state index is -4.33. The van der Waals surface area contributed by atoms with Gasteiger partial charge in [0.2, 0.25) is 0 Å². The minimum Gasteiger partial charge on any atom is -0.398 e. The Balaban J connectivity index is 1.47. The lowest BCUT2D eigenvalue weighted by Gasteiger charge is -2.10. The molecule has 0 aromatic heterocycles. The van der Waals surface area contributed by atoms with Crippen molar-refractivity contribution in [2.75, 3.05) is 5.73 Å². The van der Waals surface area contributed by atoms with E-state index in [0.29, 0.717) is 0 Å². The molecule has 0 radical (unpaired) electrons. The first kappa shape index (κ1) is 21.8. The molecule has 4 aromatic carbocycles. The number of hydrogen-bond donors (Lipinski definition) is 1. The number of nitrogens with two attached hydrogens (primary N) is 1. The second-order valence-electron chi connectivity index (χ2n) is 7.29. The van der Waals surface area contributed by atoms with Crippen LogP contribution < -0.4 is 5.73 Å². The van der Waals surface area contributed by atoms with E-state index in [1.54, 1.807) is 0 Å². The molecule has 0 unspecified atom stereocenters. The van der Waals surface area contributed by atoms with Crippen LogP contribution in [0.2, 0.25) is 0 Å². The van der Waals surface area contributed by atoms with Crippen molar-refractivity contribution in [2.45, 2.75) is 11.1 Å². The summed E-state index contributed by atoms with van der Waals surface area (Å²) in [5.74, 6) is 0. The Kier molecular flexibility index (Phi) is 6.10. The number of benzene rings is 4. The van der Waals surface area contributed by atoms with Gasteiger partial charge in [0.25, 0.3) is 0 Å². The van der Waals surface area contributed by atoms with Gasteiger partial charge >= 0.3 is 6.18 Å². The molecule has 0 spiro atoms. The van der Waals surface area contributed by atoms with Crippen molar-refractivity contribution in [1.82, 2.24) is 0 Å². The van der Waals surface area contributed by atoms with Crippen molar-refractivity contribution < 1.29 is 13.2 Å². The number of halogens is 3. The number of alkyl halides is 3. The van der Waals surface area contributed by atoms with Gasteiger partial charge in [0.1, 0.15) is 0 Å². The highest BCUT2D eigenvalue weighted by atomic mass is 32.2. The second-order valence-corrected chi connectivity index (χ2v) is 8.43. The maximum atomic E-state index is 12.8. The Labute approximate surface area is 189 Å². The zero-order chi connectivity index (χ0) is 22.7. The largest absolute Gasteiger partial charge is 0.416 e. The van der Waals surface area contributed by atoms with Crippen LogP contribution in [0, 0.1) is 0 Å². The van der Waals surface area contributed by atoms with Crippen LogP contribution in [-0.2, 0) is 6.18 Å². The molecule has 160 valence electrons. The van der Waals surface area contributed by atoms with Crippen LogP contribution in [0.1, 0.15) is 11.1 Å². The summed E-state index contributed by atoms with van der Waals surface area (Å²) in [6.07, 6.45) is -4.33. The summed E-state index contributed by atoms with van der Waals surface area (Å²) in [5, 5.41) is 0. The van der Waals surface area contributed by atoms with Crippen molar-refractivity contribution in [2.24, 2.45) is 0 Å². The molecule has 4 rings (SSSR count). The lowest BCUT2D eigenvalue weighted by Crippen LogP contribution is -2.03. The SMILES string of the molecule is C=C(Sc1ccccc1N)c1ccc(-c2ccc(-c3ccc(C(F)(F)F)cc3)cc2)cc1. The van der Waals surface area contributed by atoms with Crippen molar-refractivity contribution in [3.63, 3.8) is 0 Å². The van der Waals surface area contributed by atoms with E-state index >= 15 is 0 Å². The molecule has 0 aliphatic heterocycles. The van der Waals surface area contributed by atoms with Crippen molar-refractivity contribution in [3.8, 4) is 22.3 Å². The van der Waals surface area contributed by atoms with E-state index in [9.17, 15) is 13.2 Å². The van der Waals surface area contributed by atoms with Crippen molar-refractivity contribution in [3.05, 3.63) is 115 Å². The quantitative estimate of drug-likeness (QED) is 0.246. The topological polar surface area (TPSA) is 26.0 Å². The van der Waals surface area contributed by atoms with Crippen LogP contribution in [0.4, 0.5) is 18.9 Å². The van der Waals surface area contributed by atoms with Crippen LogP contribution in [-0.4, -0.2) is 0 Å². The summed E-state index contributed by atoms with van der Waals surface area (Å²) in [6, 6.07) is 28.8. The van der Waals surface area contributed by atoms with Crippen molar-refractivity contribution >= 4 is 22.4 Å². The van der Waals surface area contributed by atoms with Crippen molar-refractivity contribution in [1.29, 1.82) is 0 Å². The Morgan fingerprint density at radius 1 is 0.656 bits per heavy atom. The standard InChI is InChI=1S/C27H20F3NS/c1-18(32-26-5-3-2-4-25(26)31)19-6-8-20(9-7-19)21-10-12-22(13-11-21)23-14-16-24(17-15-23)27(28,29)30/h2-17H,1,31H2. The maximum Gasteiger partial charge on any atom is 0.416 e. The third-order valence-corrected chi connectivity index (χ3v) is 6.20. The molecular formula is C27H20F3NS. The van der Waals surface area contributed by atoms with Gasteiger partial charge < -0.3 is 5.73 Å². The van der Waals surface area contributed by atoms with Gasteiger partial charge in [-0.3, -0.25) is 0 Å². The van der Waals surface area contributed by atoms with Gasteiger partial charge in [-0.2, -0.15) is 13.2 Å². The minimum absolute atomic E-state index is 0.646. The average molecular weight is 448 g/mol. The molecule has 0 fully saturated rings. The average Bonchev–Trinajstić information content (AvgIpc) is 2.80. The first-order chi connectivity index (χ1) is 15.3. The number of nitrogen functional groups attached to an aromatic ring is 1. The molecule has 1 nitrogen and oxygen atoms in total. The monoisotopic (exact) mass is 447 g/mol. The fourth-order valence-electron chi connectivity index (χ4n) is 3.32. The third kappa shape index (κ3) is 4.89. The van der Waals surface area contributed by atoms with Crippen LogP contribution >= 0.6 is 11.8 Å². The van der Waals surface area contributed by atoms with Gasteiger partial charge in [0, 0.05) is 15.5 Å². The van der Waals surface area contributed by atoms with Gasteiger partial charge in [-0.15, -0.1) is 0 Å². The highest BCUT2D eigenvalue weighted by Gasteiger charge is 2.29. The zero-order valence-corrected chi connectivity index (χ0v) is 17.9. The molecule has 0 amide bonds. The predicted octanol–water partition coefficient (Wildman–Crippen LogP) is 8.38. The van der Waals surface area contributed by atoms with Gasteiger partial charge in [-0.05, 0) is 52.1 Å². The first-order valence-corrected chi connectivity index (χ1v) is 10.7. The molecular weight excluding hydrogens is 427 g/mol. The van der Waals surface area contributed by atoms with E-state index in [2.05, 4.69) is 6.58 Å². The van der Waals surface area contributed by atoms with Crippen LogP contribution in [0.5, 0.6) is 0 Å². The first-order valence-electron chi connectivity index (χ1n) is 9.91. The Morgan fingerprint density at radius 2 is 1.09 bits per heavy atom. The second kappa shape index (κ2) is 8.97. The molecule has 0 heterocycles.